The molecule has 0 heterocycles. The van der Waals surface area contributed by atoms with E-state index in [9.17, 15) is 22.4 Å². The number of hydrogen-bond acceptors (Lipinski definition) is 2. The summed E-state index contributed by atoms with van der Waals surface area (Å²) < 4.78 is 52.3. The van der Waals surface area contributed by atoms with Gasteiger partial charge in [-0.25, -0.2) is 4.39 Å². The molecule has 3 nitrogen and oxygen atoms in total. The number of alkyl halides is 3. The lowest BCUT2D eigenvalue weighted by Crippen LogP contribution is -2.46. The van der Waals surface area contributed by atoms with Crippen LogP contribution in [0.15, 0.2) is 24.3 Å². The molecule has 2 atom stereocenters. The second kappa shape index (κ2) is 6.21. The van der Waals surface area contributed by atoms with Crippen LogP contribution in [0.5, 0.6) is 0 Å². The molecule has 7 heteroatoms. The maximum Gasteiger partial charge on any atom is 0.404 e. The van der Waals surface area contributed by atoms with Crippen LogP contribution in [0.25, 0.3) is 0 Å². The number of hydrogen-bond donors (Lipinski definition) is 1. The molecule has 0 spiro atoms. The van der Waals surface area contributed by atoms with E-state index in [1.165, 1.54) is 25.1 Å². The van der Waals surface area contributed by atoms with Crippen molar-refractivity contribution in [3.63, 3.8) is 0 Å². The highest BCUT2D eigenvalue weighted by Crippen LogP contribution is 2.32. The third-order valence-electron chi connectivity index (χ3n) is 3.20. The van der Waals surface area contributed by atoms with Crippen LogP contribution in [0, 0.1) is 5.82 Å². The number of nitrogens with zero attached hydrogens (tertiary/aromatic N) is 1. The molecule has 1 aromatic carbocycles. The number of halogens is 4. The molecule has 0 radical (unpaired) electrons. The van der Waals surface area contributed by atoms with Crippen molar-refractivity contribution in [2.75, 3.05) is 7.05 Å². The van der Waals surface area contributed by atoms with Gasteiger partial charge in [-0.1, -0.05) is 18.2 Å². The van der Waals surface area contributed by atoms with Gasteiger partial charge >= 0.3 is 12.1 Å². The van der Waals surface area contributed by atoms with Gasteiger partial charge in [0.25, 0.3) is 0 Å². The SMILES string of the molecule is CC(c1ccccc1F)N(C)C(CC(=O)O)C(F)(F)F. The highest BCUT2D eigenvalue weighted by molar-refractivity contribution is 5.67. The lowest BCUT2D eigenvalue weighted by Gasteiger charge is -2.33. The molecule has 1 aromatic rings. The quantitative estimate of drug-likeness (QED) is 0.847. The van der Waals surface area contributed by atoms with Gasteiger partial charge < -0.3 is 5.11 Å². The van der Waals surface area contributed by atoms with E-state index in [2.05, 4.69) is 0 Å². The van der Waals surface area contributed by atoms with E-state index in [4.69, 9.17) is 5.11 Å². The van der Waals surface area contributed by atoms with Crippen molar-refractivity contribution in [3.8, 4) is 0 Å². The fourth-order valence-electron chi connectivity index (χ4n) is 1.96. The van der Waals surface area contributed by atoms with Crippen LogP contribution in [-0.4, -0.2) is 35.2 Å². The normalized spacial score (nSPS) is 15.2. The van der Waals surface area contributed by atoms with E-state index in [-0.39, 0.29) is 5.56 Å². The van der Waals surface area contributed by atoms with E-state index in [0.29, 0.717) is 0 Å². The first kappa shape index (κ1) is 16.4. The topological polar surface area (TPSA) is 40.5 Å². The van der Waals surface area contributed by atoms with E-state index in [0.717, 1.165) is 18.0 Å². The summed E-state index contributed by atoms with van der Waals surface area (Å²) in [4.78, 5) is 11.4. The lowest BCUT2D eigenvalue weighted by molar-refractivity contribution is -0.192. The molecule has 0 aliphatic heterocycles. The Balaban J connectivity index is 3.03. The average molecular weight is 293 g/mol. The Labute approximate surface area is 113 Å². The highest BCUT2D eigenvalue weighted by atomic mass is 19.4. The molecule has 0 saturated carbocycles. The summed E-state index contributed by atoms with van der Waals surface area (Å²) in [5, 5.41) is 8.60. The lowest BCUT2D eigenvalue weighted by atomic mass is 10.0. The van der Waals surface area contributed by atoms with E-state index in [1.54, 1.807) is 0 Å². The zero-order valence-corrected chi connectivity index (χ0v) is 11.0. The van der Waals surface area contributed by atoms with Gasteiger partial charge in [-0.3, -0.25) is 9.69 Å². The number of carbonyl (C=O) groups is 1. The van der Waals surface area contributed by atoms with Crippen molar-refractivity contribution in [3.05, 3.63) is 35.6 Å². The highest BCUT2D eigenvalue weighted by Gasteiger charge is 2.45. The average Bonchev–Trinajstić information content (AvgIpc) is 2.33. The van der Waals surface area contributed by atoms with Crippen LogP contribution in [0.3, 0.4) is 0 Å². The van der Waals surface area contributed by atoms with Crippen molar-refractivity contribution in [2.24, 2.45) is 0 Å². The number of rotatable bonds is 5. The van der Waals surface area contributed by atoms with Crippen molar-refractivity contribution in [1.29, 1.82) is 0 Å². The molecule has 0 aliphatic rings. The van der Waals surface area contributed by atoms with Crippen LogP contribution in [0.2, 0.25) is 0 Å². The van der Waals surface area contributed by atoms with Crippen molar-refractivity contribution in [1.82, 2.24) is 4.90 Å². The third-order valence-corrected chi connectivity index (χ3v) is 3.20. The summed E-state index contributed by atoms with van der Waals surface area (Å²) in [5.41, 5.74) is 0.0923. The first-order valence-corrected chi connectivity index (χ1v) is 5.89. The van der Waals surface area contributed by atoms with Gasteiger partial charge in [0.2, 0.25) is 0 Å². The van der Waals surface area contributed by atoms with Gasteiger partial charge in [-0.15, -0.1) is 0 Å². The maximum atomic E-state index is 13.6. The summed E-state index contributed by atoms with van der Waals surface area (Å²) in [5.74, 6) is -2.18. The number of aliphatic carboxylic acids is 1. The van der Waals surface area contributed by atoms with Crippen LogP contribution in [-0.2, 0) is 4.79 Å². The van der Waals surface area contributed by atoms with Crippen molar-refractivity contribution >= 4 is 5.97 Å². The first-order valence-electron chi connectivity index (χ1n) is 5.89. The minimum Gasteiger partial charge on any atom is -0.481 e. The summed E-state index contributed by atoms with van der Waals surface area (Å²) in [6.45, 7) is 1.40. The largest absolute Gasteiger partial charge is 0.481 e. The van der Waals surface area contributed by atoms with Crippen LogP contribution < -0.4 is 0 Å². The van der Waals surface area contributed by atoms with Crippen LogP contribution in [0.4, 0.5) is 17.6 Å². The van der Waals surface area contributed by atoms with E-state index >= 15 is 0 Å². The fourth-order valence-corrected chi connectivity index (χ4v) is 1.96. The van der Waals surface area contributed by atoms with E-state index in [1.807, 2.05) is 0 Å². The third kappa shape index (κ3) is 3.93. The Kier molecular flexibility index (Phi) is 5.10. The Morgan fingerprint density at radius 3 is 2.35 bits per heavy atom. The molecule has 0 aromatic heterocycles. The van der Waals surface area contributed by atoms with Gasteiger partial charge in [0.05, 0.1) is 6.42 Å². The summed E-state index contributed by atoms with van der Waals surface area (Å²) in [7, 11) is 1.14. The Bertz CT molecular complexity index is 476. The van der Waals surface area contributed by atoms with Gasteiger partial charge in [-0.05, 0) is 20.0 Å². The Morgan fingerprint density at radius 1 is 1.35 bits per heavy atom. The predicted molar refractivity (Wildman–Crippen MR) is 64.7 cm³/mol. The molecule has 112 valence electrons. The summed E-state index contributed by atoms with van der Waals surface area (Å²) in [6, 6.07) is 2.41. The molecular weight excluding hydrogens is 278 g/mol. The fraction of sp³-hybridized carbons (Fsp3) is 0.462. The molecule has 0 bridgehead atoms. The summed E-state index contributed by atoms with van der Waals surface area (Å²) >= 11 is 0. The molecule has 2 unspecified atom stereocenters. The van der Waals surface area contributed by atoms with Gasteiger partial charge in [0.15, 0.2) is 0 Å². The van der Waals surface area contributed by atoms with Crippen molar-refractivity contribution < 1.29 is 27.5 Å². The number of carboxylic acid groups (broad SMARTS) is 1. The minimum atomic E-state index is -4.70. The van der Waals surface area contributed by atoms with Gasteiger partial charge in [-0.2, -0.15) is 13.2 Å². The van der Waals surface area contributed by atoms with E-state index < -0.39 is 36.5 Å². The smallest absolute Gasteiger partial charge is 0.404 e. The molecular formula is C13H15F4NO2. The monoisotopic (exact) mass is 293 g/mol. The van der Waals surface area contributed by atoms with Crippen LogP contribution in [0.1, 0.15) is 24.9 Å². The number of benzene rings is 1. The van der Waals surface area contributed by atoms with Crippen LogP contribution >= 0.6 is 0 Å². The Morgan fingerprint density at radius 2 is 1.90 bits per heavy atom. The zero-order chi connectivity index (χ0) is 15.5. The molecule has 1 N–H and O–H groups in total. The van der Waals surface area contributed by atoms with Crippen molar-refractivity contribution in [2.45, 2.75) is 31.6 Å². The Hall–Kier alpha value is -1.63. The second-order valence-corrected chi connectivity index (χ2v) is 4.52. The second-order valence-electron chi connectivity index (χ2n) is 4.52. The number of carboxylic acids is 1. The predicted octanol–water partition coefficient (Wildman–Crippen LogP) is 3.22. The standard InChI is InChI=1S/C13H15F4NO2/c1-8(9-5-3-4-6-10(9)14)18(2)11(7-12(19)20)13(15,16)17/h3-6,8,11H,7H2,1-2H3,(H,19,20). The molecule has 0 amide bonds. The minimum absolute atomic E-state index is 0.0923. The molecule has 20 heavy (non-hydrogen) atoms. The molecule has 0 fully saturated rings. The molecule has 1 rings (SSSR count). The van der Waals surface area contributed by atoms with Gasteiger partial charge in [0.1, 0.15) is 11.9 Å². The molecule has 0 aliphatic carbocycles. The summed E-state index contributed by atoms with van der Waals surface area (Å²) in [6.07, 6.45) is -5.79. The first-order chi connectivity index (χ1) is 9.14. The van der Waals surface area contributed by atoms with Gasteiger partial charge in [0, 0.05) is 11.6 Å². The molecule has 0 saturated heterocycles. The maximum absolute atomic E-state index is 13.6. The zero-order valence-electron chi connectivity index (χ0n) is 11.0.